The van der Waals surface area contributed by atoms with Gasteiger partial charge in [-0.3, -0.25) is 25.0 Å². The Balaban J connectivity index is 1.69. The van der Waals surface area contributed by atoms with E-state index >= 15 is 0 Å². The second kappa shape index (κ2) is 12.4. The van der Waals surface area contributed by atoms with Crippen LogP contribution in [0.4, 0.5) is 5.69 Å². The Labute approximate surface area is 247 Å². The van der Waals surface area contributed by atoms with Gasteiger partial charge < -0.3 is 4.43 Å². The van der Waals surface area contributed by atoms with Crippen molar-refractivity contribution in [1.82, 2.24) is 19.6 Å². The predicted molar refractivity (Wildman–Crippen MR) is 158 cm³/mol. The van der Waals surface area contributed by atoms with Crippen molar-refractivity contribution < 1.29 is 22.6 Å². The molecular formula is C28H36N6O6SSi. The van der Waals surface area contributed by atoms with E-state index in [-0.39, 0.29) is 28.8 Å². The third-order valence-corrected chi connectivity index (χ3v) is 14.0. The second-order valence-electron chi connectivity index (χ2n) is 11.6. The van der Waals surface area contributed by atoms with E-state index in [9.17, 15) is 23.8 Å². The fourth-order valence-electron chi connectivity index (χ4n) is 4.38. The molecule has 0 spiro atoms. The average Bonchev–Trinajstić information content (AvgIpc) is 3.37. The third-order valence-electron chi connectivity index (χ3n) is 7.80. The Hall–Kier alpha value is -3.45. The molecule has 0 aliphatic carbocycles. The first-order valence-corrected chi connectivity index (χ1v) is 17.9. The van der Waals surface area contributed by atoms with Crippen molar-refractivity contribution in [3.8, 4) is 6.07 Å². The number of rotatable bonds is 11. The molecule has 1 aliphatic heterocycles. The van der Waals surface area contributed by atoms with Crippen LogP contribution in [-0.2, 0) is 32.4 Å². The van der Waals surface area contributed by atoms with Crippen LogP contribution in [0.5, 0.6) is 0 Å². The molecule has 0 radical (unpaired) electrons. The van der Waals surface area contributed by atoms with Crippen LogP contribution in [0.3, 0.4) is 0 Å². The summed E-state index contributed by atoms with van der Waals surface area (Å²) >= 11 is 0. The molecule has 0 saturated carbocycles. The summed E-state index contributed by atoms with van der Waals surface area (Å²) in [5, 5.41) is 28.8. The Bertz CT molecular complexity index is 1550. The first-order chi connectivity index (χ1) is 19.8. The number of nitro benzene ring substituents is 1. The van der Waals surface area contributed by atoms with Crippen molar-refractivity contribution in [2.75, 3.05) is 13.2 Å². The summed E-state index contributed by atoms with van der Waals surface area (Å²) in [6.45, 7) is 11.6. The second-order valence-corrected chi connectivity index (χ2v) is 18.2. The van der Waals surface area contributed by atoms with Crippen molar-refractivity contribution in [3.05, 3.63) is 87.7 Å². The molecule has 0 fully saturated rings. The molecule has 1 N–H and O–H groups in total. The van der Waals surface area contributed by atoms with Gasteiger partial charge in [0.1, 0.15) is 6.04 Å². The first kappa shape index (κ1) is 31.5. The van der Waals surface area contributed by atoms with Crippen LogP contribution < -0.4 is 5.32 Å². The number of fused-ring (bicyclic) bond motifs is 1. The standard InChI is InChI=1S/C28H36N6O6SSi/c1-28(2,3)42(4,5)40-16-15-32-27-24(18-31-32)26(19-30-25(27)17-29)34(39-20-21-9-7-6-8-10-21)41(37,38)23-13-11-22(12-14-23)33(35)36/h6-14,18,25-26,30H,15-16,19-20H2,1-5H3. The number of hydrogen-bond acceptors (Lipinski definition) is 9. The number of nitrogens with one attached hydrogen (secondary N) is 1. The molecule has 2 atom stereocenters. The van der Waals surface area contributed by atoms with Crippen LogP contribution in [-0.4, -0.2) is 49.1 Å². The lowest BCUT2D eigenvalue weighted by Crippen LogP contribution is -2.44. The number of benzene rings is 2. The maximum atomic E-state index is 14.0. The van der Waals surface area contributed by atoms with Gasteiger partial charge in [0.2, 0.25) is 0 Å². The lowest BCUT2D eigenvalue weighted by molar-refractivity contribution is -0.384. The Morgan fingerprint density at radius 2 is 1.86 bits per heavy atom. The quantitative estimate of drug-likeness (QED) is 0.182. The van der Waals surface area contributed by atoms with E-state index in [1.54, 1.807) is 10.9 Å². The number of hydroxylamine groups is 1. The molecule has 4 rings (SSSR count). The predicted octanol–water partition coefficient (Wildman–Crippen LogP) is 4.84. The molecule has 1 aromatic heterocycles. The molecule has 2 aromatic carbocycles. The lowest BCUT2D eigenvalue weighted by Gasteiger charge is -2.36. The highest BCUT2D eigenvalue weighted by atomic mass is 32.2. The van der Waals surface area contributed by atoms with Crippen LogP contribution in [0.2, 0.25) is 18.1 Å². The highest BCUT2D eigenvalue weighted by Gasteiger charge is 2.41. The minimum atomic E-state index is -4.31. The van der Waals surface area contributed by atoms with Gasteiger partial charge in [0.15, 0.2) is 8.32 Å². The van der Waals surface area contributed by atoms with Gasteiger partial charge in [-0.2, -0.15) is 10.4 Å². The topological polar surface area (TPSA) is 153 Å². The van der Waals surface area contributed by atoms with Gasteiger partial charge >= 0.3 is 0 Å². The van der Waals surface area contributed by atoms with Crippen LogP contribution in [0.15, 0.2) is 65.7 Å². The maximum absolute atomic E-state index is 14.0. The van der Waals surface area contributed by atoms with E-state index in [1.807, 2.05) is 30.3 Å². The van der Waals surface area contributed by atoms with Gasteiger partial charge in [0, 0.05) is 24.2 Å². The number of non-ortho nitro benzene ring substituents is 1. The van der Waals surface area contributed by atoms with Crippen LogP contribution in [0.25, 0.3) is 0 Å². The maximum Gasteiger partial charge on any atom is 0.269 e. The summed E-state index contributed by atoms with van der Waals surface area (Å²) in [7, 11) is -6.33. The molecule has 0 bridgehead atoms. The van der Waals surface area contributed by atoms with E-state index in [1.165, 1.54) is 12.1 Å². The third kappa shape index (κ3) is 6.62. The number of sulfonamides is 1. The lowest BCUT2D eigenvalue weighted by atomic mass is 9.99. The van der Waals surface area contributed by atoms with Crippen molar-refractivity contribution in [2.45, 2.75) is 69.0 Å². The van der Waals surface area contributed by atoms with Gasteiger partial charge in [-0.15, -0.1) is 0 Å². The number of hydrogen-bond donors (Lipinski definition) is 1. The zero-order chi connectivity index (χ0) is 30.7. The molecule has 0 saturated heterocycles. The van der Waals surface area contributed by atoms with Crippen molar-refractivity contribution in [3.63, 3.8) is 0 Å². The molecule has 14 heteroatoms. The molecule has 42 heavy (non-hydrogen) atoms. The fraction of sp³-hybridized carbons (Fsp3) is 0.429. The van der Waals surface area contributed by atoms with Crippen molar-refractivity contribution in [1.29, 1.82) is 5.26 Å². The van der Waals surface area contributed by atoms with Gasteiger partial charge in [-0.1, -0.05) is 55.6 Å². The van der Waals surface area contributed by atoms with E-state index < -0.39 is 35.3 Å². The molecule has 3 aromatic rings. The molecule has 0 amide bonds. The highest BCUT2D eigenvalue weighted by molar-refractivity contribution is 7.89. The summed E-state index contributed by atoms with van der Waals surface area (Å²) in [6.07, 6.45) is 1.57. The summed E-state index contributed by atoms with van der Waals surface area (Å²) in [4.78, 5) is 16.4. The van der Waals surface area contributed by atoms with E-state index in [0.29, 0.717) is 24.4 Å². The van der Waals surface area contributed by atoms with Crippen LogP contribution in [0.1, 0.15) is 49.7 Å². The largest absolute Gasteiger partial charge is 0.415 e. The monoisotopic (exact) mass is 612 g/mol. The average molecular weight is 613 g/mol. The number of nitriles is 1. The van der Waals surface area contributed by atoms with Crippen molar-refractivity contribution in [2.24, 2.45) is 0 Å². The SMILES string of the molecule is CC(C)(C)[Si](C)(C)OCCn1ncc2c1C(C#N)NCC2N(OCc1ccccc1)S(=O)(=O)c1ccc([N+](=O)[O-])cc1. The van der Waals surface area contributed by atoms with Crippen LogP contribution >= 0.6 is 0 Å². The Morgan fingerprint density at radius 1 is 1.19 bits per heavy atom. The molecule has 2 heterocycles. The number of nitrogens with zero attached hydrogens (tertiary/aromatic N) is 5. The number of aromatic nitrogens is 2. The summed E-state index contributed by atoms with van der Waals surface area (Å²) in [6, 6.07) is 14.4. The first-order valence-electron chi connectivity index (χ1n) is 13.5. The Morgan fingerprint density at radius 3 is 2.45 bits per heavy atom. The zero-order valence-electron chi connectivity index (χ0n) is 24.4. The van der Waals surface area contributed by atoms with E-state index in [4.69, 9.17) is 9.26 Å². The van der Waals surface area contributed by atoms with Gasteiger partial charge in [0.05, 0.1) is 53.6 Å². The molecule has 2 unspecified atom stereocenters. The normalized spacial score (nSPS) is 17.5. The van der Waals surface area contributed by atoms with Gasteiger partial charge in [0.25, 0.3) is 15.7 Å². The zero-order valence-corrected chi connectivity index (χ0v) is 26.2. The molecule has 1 aliphatic rings. The number of nitro groups is 1. The smallest absolute Gasteiger partial charge is 0.269 e. The summed E-state index contributed by atoms with van der Waals surface area (Å²) in [5.41, 5.74) is 1.59. The fourth-order valence-corrected chi connectivity index (χ4v) is 6.81. The highest BCUT2D eigenvalue weighted by Crippen LogP contribution is 2.38. The van der Waals surface area contributed by atoms with Crippen molar-refractivity contribution >= 4 is 24.0 Å². The Kier molecular flexibility index (Phi) is 9.31. The minimum Gasteiger partial charge on any atom is -0.415 e. The van der Waals surface area contributed by atoms with E-state index in [2.05, 4.69) is 50.3 Å². The minimum absolute atomic E-state index is 0.0290. The summed E-state index contributed by atoms with van der Waals surface area (Å²) in [5.74, 6) is 0. The molecule has 12 nitrogen and oxygen atoms in total. The van der Waals surface area contributed by atoms with Gasteiger partial charge in [-0.05, 0) is 35.8 Å². The van der Waals surface area contributed by atoms with Crippen LogP contribution in [0, 0.1) is 21.4 Å². The van der Waals surface area contributed by atoms with E-state index in [0.717, 1.165) is 22.2 Å². The van der Waals surface area contributed by atoms with Gasteiger partial charge in [-0.25, -0.2) is 8.42 Å². The summed E-state index contributed by atoms with van der Waals surface area (Å²) < 4.78 is 36.9. The molecular weight excluding hydrogens is 576 g/mol. The molecule has 224 valence electrons.